The highest BCUT2D eigenvalue weighted by molar-refractivity contribution is 6.30. The lowest BCUT2D eigenvalue weighted by atomic mass is 10.1. The number of aliphatic carboxylic acids is 1. The van der Waals surface area contributed by atoms with E-state index in [4.69, 9.17) is 21.4 Å². The summed E-state index contributed by atoms with van der Waals surface area (Å²) in [6.07, 6.45) is -0.919. The predicted octanol–water partition coefficient (Wildman–Crippen LogP) is 2.23. The molecule has 0 radical (unpaired) electrons. The quantitative estimate of drug-likeness (QED) is 0.901. The molecule has 1 N–H and O–H groups in total. The number of benzene rings is 1. The van der Waals surface area contributed by atoms with Crippen LogP contribution in [0.15, 0.2) is 18.2 Å². The summed E-state index contributed by atoms with van der Waals surface area (Å²) in [5.74, 6) is -1.01. The van der Waals surface area contributed by atoms with Crippen molar-refractivity contribution in [3.05, 3.63) is 28.8 Å². The summed E-state index contributed by atoms with van der Waals surface area (Å²) in [6.45, 7) is -1.72. The first-order valence-electron chi connectivity index (χ1n) is 6.25. The number of carboxylic acid groups (broad SMARTS) is 1. The van der Waals surface area contributed by atoms with Gasteiger partial charge in [-0.05, 0) is 18.2 Å². The van der Waals surface area contributed by atoms with Gasteiger partial charge in [0.25, 0.3) is 0 Å². The summed E-state index contributed by atoms with van der Waals surface area (Å²) in [6, 6.07) is 4.37. The van der Waals surface area contributed by atoms with Crippen LogP contribution in [0.5, 0.6) is 5.75 Å². The first kappa shape index (κ1) is 15.9. The molecule has 1 aliphatic heterocycles. The Morgan fingerprint density at radius 3 is 3.00 bits per heavy atom. The maximum atomic E-state index is 12.4. The number of alkyl halides is 2. The first-order chi connectivity index (χ1) is 9.95. The monoisotopic (exact) mass is 321 g/mol. The summed E-state index contributed by atoms with van der Waals surface area (Å²) in [4.78, 5) is 12.7. The Bertz CT molecular complexity index is 515. The van der Waals surface area contributed by atoms with Crippen LogP contribution in [-0.2, 0) is 16.1 Å². The van der Waals surface area contributed by atoms with Crippen LogP contribution in [0, 0.1) is 0 Å². The van der Waals surface area contributed by atoms with E-state index in [9.17, 15) is 13.6 Å². The lowest BCUT2D eigenvalue weighted by Crippen LogP contribution is -2.45. The van der Waals surface area contributed by atoms with E-state index in [0.717, 1.165) is 0 Å². The number of carboxylic acids is 1. The minimum absolute atomic E-state index is 0.0350. The molecule has 1 saturated heterocycles. The molecule has 1 fully saturated rings. The van der Waals surface area contributed by atoms with Gasteiger partial charge in [-0.3, -0.25) is 4.90 Å². The minimum atomic E-state index is -2.93. The van der Waals surface area contributed by atoms with Crippen LogP contribution in [0.4, 0.5) is 8.78 Å². The molecule has 21 heavy (non-hydrogen) atoms. The van der Waals surface area contributed by atoms with E-state index < -0.39 is 18.7 Å². The molecule has 0 aliphatic carbocycles. The number of hydrogen-bond donors (Lipinski definition) is 1. The molecule has 0 spiro atoms. The highest BCUT2D eigenvalue weighted by atomic mass is 35.5. The van der Waals surface area contributed by atoms with Crippen LogP contribution in [0.25, 0.3) is 0 Å². The van der Waals surface area contributed by atoms with Gasteiger partial charge < -0.3 is 14.6 Å². The molecule has 1 aliphatic rings. The van der Waals surface area contributed by atoms with Crippen molar-refractivity contribution in [3.8, 4) is 5.75 Å². The van der Waals surface area contributed by atoms with E-state index in [1.807, 2.05) is 0 Å². The zero-order valence-electron chi connectivity index (χ0n) is 11.0. The number of rotatable bonds is 5. The molecule has 1 aromatic carbocycles. The maximum absolute atomic E-state index is 12.4. The molecule has 8 heteroatoms. The topological polar surface area (TPSA) is 59.0 Å². The highest BCUT2D eigenvalue weighted by Crippen LogP contribution is 2.26. The third kappa shape index (κ3) is 4.52. The van der Waals surface area contributed by atoms with Crippen LogP contribution >= 0.6 is 11.6 Å². The summed E-state index contributed by atoms with van der Waals surface area (Å²) >= 11 is 5.87. The van der Waals surface area contributed by atoms with Gasteiger partial charge in [0.2, 0.25) is 0 Å². The summed E-state index contributed by atoms with van der Waals surface area (Å²) in [5.41, 5.74) is 0.480. The zero-order valence-corrected chi connectivity index (χ0v) is 11.7. The molecular weight excluding hydrogens is 308 g/mol. The van der Waals surface area contributed by atoms with Crippen molar-refractivity contribution >= 4 is 17.6 Å². The maximum Gasteiger partial charge on any atom is 0.387 e. The highest BCUT2D eigenvalue weighted by Gasteiger charge is 2.26. The van der Waals surface area contributed by atoms with Gasteiger partial charge in [-0.2, -0.15) is 8.78 Å². The van der Waals surface area contributed by atoms with E-state index in [1.165, 1.54) is 18.2 Å². The number of carbonyl (C=O) groups is 1. The Hall–Kier alpha value is -1.44. The molecule has 1 heterocycles. The Morgan fingerprint density at radius 1 is 1.57 bits per heavy atom. The number of ether oxygens (including phenoxy) is 2. The van der Waals surface area contributed by atoms with Gasteiger partial charge in [0.1, 0.15) is 5.75 Å². The molecule has 1 aromatic rings. The summed E-state index contributed by atoms with van der Waals surface area (Å²) in [5, 5.41) is 9.34. The largest absolute Gasteiger partial charge is 0.479 e. The number of nitrogens with zero attached hydrogens (tertiary/aromatic N) is 1. The normalized spacial score (nSPS) is 19.7. The second kappa shape index (κ2) is 7.02. The van der Waals surface area contributed by atoms with Crippen LogP contribution < -0.4 is 4.74 Å². The number of morpholine rings is 1. The van der Waals surface area contributed by atoms with E-state index in [2.05, 4.69) is 4.74 Å². The van der Waals surface area contributed by atoms with Gasteiger partial charge in [-0.25, -0.2) is 4.79 Å². The third-order valence-corrected chi connectivity index (χ3v) is 3.29. The molecule has 0 amide bonds. The fraction of sp³-hybridized carbons (Fsp3) is 0.462. The molecule has 116 valence electrons. The first-order valence-corrected chi connectivity index (χ1v) is 6.63. The fourth-order valence-corrected chi connectivity index (χ4v) is 2.31. The van der Waals surface area contributed by atoms with Crippen molar-refractivity contribution in [1.29, 1.82) is 0 Å². The standard InChI is InChI=1S/C13H14ClF2NO4/c14-9-1-2-10(21-13(15)16)8(5-9)6-17-3-4-20-11(7-17)12(18)19/h1-2,5,11,13H,3-4,6-7H2,(H,18,19). The van der Waals surface area contributed by atoms with E-state index in [1.54, 1.807) is 4.90 Å². The molecule has 1 unspecified atom stereocenters. The van der Waals surface area contributed by atoms with E-state index in [-0.39, 0.29) is 25.4 Å². The summed E-state index contributed by atoms with van der Waals surface area (Å²) in [7, 11) is 0. The van der Waals surface area contributed by atoms with Gasteiger partial charge in [0.15, 0.2) is 6.10 Å². The van der Waals surface area contributed by atoms with E-state index >= 15 is 0 Å². The average molecular weight is 322 g/mol. The Kier molecular flexibility index (Phi) is 5.33. The number of hydrogen-bond acceptors (Lipinski definition) is 4. The molecule has 0 saturated carbocycles. The molecule has 1 atom stereocenters. The van der Waals surface area contributed by atoms with E-state index in [0.29, 0.717) is 17.1 Å². The SMILES string of the molecule is O=C(O)C1CN(Cc2cc(Cl)ccc2OC(F)F)CCO1. The fourth-order valence-electron chi connectivity index (χ4n) is 2.12. The van der Waals surface area contributed by atoms with Gasteiger partial charge in [0.05, 0.1) is 6.61 Å². The molecule has 0 aromatic heterocycles. The van der Waals surface area contributed by atoms with Gasteiger partial charge in [-0.15, -0.1) is 0 Å². The van der Waals surface area contributed by atoms with Crippen molar-refractivity contribution in [2.45, 2.75) is 19.3 Å². The Labute approximate surface area is 125 Å². The van der Waals surface area contributed by atoms with Crippen LogP contribution in [0.1, 0.15) is 5.56 Å². The average Bonchev–Trinajstić information content (AvgIpc) is 2.42. The molecule has 5 nitrogen and oxygen atoms in total. The van der Waals surface area contributed by atoms with Crippen molar-refractivity contribution < 1.29 is 28.2 Å². The van der Waals surface area contributed by atoms with Crippen LogP contribution in [0.3, 0.4) is 0 Å². The Morgan fingerprint density at radius 2 is 2.33 bits per heavy atom. The van der Waals surface area contributed by atoms with Crippen molar-refractivity contribution in [3.63, 3.8) is 0 Å². The molecular formula is C13H14ClF2NO4. The van der Waals surface area contributed by atoms with Crippen LogP contribution in [0.2, 0.25) is 5.02 Å². The molecule has 0 bridgehead atoms. The van der Waals surface area contributed by atoms with Gasteiger partial charge >= 0.3 is 12.6 Å². The summed E-state index contributed by atoms with van der Waals surface area (Å²) < 4.78 is 34.3. The lowest BCUT2D eigenvalue weighted by molar-refractivity contribution is -0.156. The second-order valence-corrected chi connectivity index (χ2v) is 5.00. The lowest BCUT2D eigenvalue weighted by Gasteiger charge is -2.31. The second-order valence-electron chi connectivity index (χ2n) is 4.56. The van der Waals surface area contributed by atoms with Crippen molar-refractivity contribution in [2.24, 2.45) is 0 Å². The third-order valence-electron chi connectivity index (χ3n) is 3.06. The smallest absolute Gasteiger partial charge is 0.387 e. The minimum Gasteiger partial charge on any atom is -0.479 e. The Balaban J connectivity index is 2.10. The van der Waals surface area contributed by atoms with Gasteiger partial charge in [-0.1, -0.05) is 11.6 Å². The zero-order chi connectivity index (χ0) is 15.4. The van der Waals surface area contributed by atoms with Crippen molar-refractivity contribution in [2.75, 3.05) is 19.7 Å². The van der Waals surface area contributed by atoms with Gasteiger partial charge in [0, 0.05) is 30.2 Å². The molecule has 2 rings (SSSR count). The number of halogens is 3. The predicted molar refractivity (Wildman–Crippen MR) is 70.7 cm³/mol. The van der Waals surface area contributed by atoms with Crippen LogP contribution in [-0.4, -0.2) is 48.4 Å². The van der Waals surface area contributed by atoms with Crippen molar-refractivity contribution in [1.82, 2.24) is 4.90 Å².